The summed E-state index contributed by atoms with van der Waals surface area (Å²) in [4.78, 5) is 10.9. The molecule has 4 heteroatoms. The quantitative estimate of drug-likeness (QED) is 0.792. The van der Waals surface area contributed by atoms with Gasteiger partial charge >= 0.3 is 0 Å². The maximum Gasteiger partial charge on any atom is 0.221 e. The number of anilines is 1. The number of aliphatic hydroxyl groups excluding tert-OH is 1. The fraction of sp³-hybridized carbons (Fsp3) is 0.417. The molecule has 2 N–H and O–H groups in total. The minimum Gasteiger partial charge on any atom is -0.488 e. The molecule has 1 aromatic rings. The van der Waals surface area contributed by atoms with Crippen molar-refractivity contribution in [2.45, 2.75) is 25.9 Å². The first-order valence-electron chi connectivity index (χ1n) is 5.37. The molecule has 1 aromatic carbocycles. The molecule has 86 valence electrons. The largest absolute Gasteiger partial charge is 0.488 e. The van der Waals surface area contributed by atoms with E-state index >= 15 is 0 Å². The molecule has 2 rings (SSSR count). The molecule has 0 bridgehead atoms. The minimum absolute atomic E-state index is 0.0485. The van der Waals surface area contributed by atoms with Crippen LogP contribution in [0.5, 0.6) is 5.75 Å². The number of carbonyl (C=O) groups excluding carboxylic acids is 1. The van der Waals surface area contributed by atoms with Gasteiger partial charge in [-0.3, -0.25) is 4.79 Å². The summed E-state index contributed by atoms with van der Waals surface area (Å²) in [6.07, 6.45) is 1.58. The summed E-state index contributed by atoms with van der Waals surface area (Å²) in [5.74, 6) is 0.726. The summed E-state index contributed by atoms with van der Waals surface area (Å²) in [5, 5.41) is 11.7. The van der Waals surface area contributed by atoms with Crippen molar-refractivity contribution in [1.29, 1.82) is 0 Å². The van der Waals surface area contributed by atoms with Gasteiger partial charge in [0.2, 0.25) is 5.91 Å². The van der Waals surface area contributed by atoms with Crippen molar-refractivity contribution in [2.75, 3.05) is 11.9 Å². The van der Waals surface area contributed by atoms with Crippen LogP contribution in [0.15, 0.2) is 18.2 Å². The number of aliphatic hydroxyl groups is 1. The summed E-state index contributed by atoms with van der Waals surface area (Å²) < 4.78 is 5.58. The van der Waals surface area contributed by atoms with Crippen molar-refractivity contribution in [1.82, 2.24) is 0 Å². The van der Waals surface area contributed by atoms with Crippen LogP contribution in [-0.4, -0.2) is 23.7 Å². The monoisotopic (exact) mass is 221 g/mol. The predicted molar refractivity (Wildman–Crippen MR) is 60.6 cm³/mol. The van der Waals surface area contributed by atoms with Crippen molar-refractivity contribution in [3.05, 3.63) is 23.8 Å². The summed E-state index contributed by atoms with van der Waals surface area (Å²) in [6, 6.07) is 5.56. The molecule has 0 radical (unpaired) electrons. The third-order valence-electron chi connectivity index (χ3n) is 2.61. The van der Waals surface area contributed by atoms with Gasteiger partial charge in [-0.2, -0.15) is 0 Å². The number of benzene rings is 1. The number of carbonyl (C=O) groups is 1. The molecular formula is C12H15NO3. The van der Waals surface area contributed by atoms with Gasteiger partial charge in [-0.25, -0.2) is 0 Å². The highest BCUT2D eigenvalue weighted by Crippen LogP contribution is 2.29. The Hall–Kier alpha value is -1.55. The smallest absolute Gasteiger partial charge is 0.221 e. The van der Waals surface area contributed by atoms with Crippen LogP contribution in [0.2, 0.25) is 0 Å². The van der Waals surface area contributed by atoms with Crippen LogP contribution in [0.1, 0.15) is 18.9 Å². The van der Waals surface area contributed by atoms with Crippen LogP contribution in [0.4, 0.5) is 5.69 Å². The molecule has 0 fully saturated rings. The van der Waals surface area contributed by atoms with E-state index in [4.69, 9.17) is 9.84 Å². The van der Waals surface area contributed by atoms with E-state index in [1.165, 1.54) is 6.92 Å². The van der Waals surface area contributed by atoms with Gasteiger partial charge in [-0.15, -0.1) is 0 Å². The lowest BCUT2D eigenvalue weighted by molar-refractivity contribution is -0.114. The number of ether oxygens (including phenoxy) is 1. The minimum atomic E-state index is -0.0980. The van der Waals surface area contributed by atoms with Gasteiger partial charge in [0.15, 0.2) is 0 Å². The topological polar surface area (TPSA) is 58.6 Å². The highest BCUT2D eigenvalue weighted by atomic mass is 16.5. The van der Waals surface area contributed by atoms with E-state index in [2.05, 4.69) is 5.32 Å². The van der Waals surface area contributed by atoms with Gasteiger partial charge in [-0.05, 0) is 36.6 Å². The second-order valence-corrected chi connectivity index (χ2v) is 3.96. The van der Waals surface area contributed by atoms with Gasteiger partial charge in [0.1, 0.15) is 11.9 Å². The second-order valence-electron chi connectivity index (χ2n) is 3.96. The fourth-order valence-electron chi connectivity index (χ4n) is 1.85. The standard InChI is InChI=1S/C12H15NO3/c1-8(15)13-10-3-5-12-9(6-10)2-4-11(7-14)16-12/h3,5-6,11,14H,2,4,7H2,1H3,(H,13,15). The average Bonchev–Trinajstić information content (AvgIpc) is 2.27. The molecule has 0 saturated carbocycles. The van der Waals surface area contributed by atoms with E-state index in [-0.39, 0.29) is 18.6 Å². The van der Waals surface area contributed by atoms with Crippen molar-refractivity contribution >= 4 is 11.6 Å². The average molecular weight is 221 g/mol. The van der Waals surface area contributed by atoms with Gasteiger partial charge in [0.25, 0.3) is 0 Å². The molecular weight excluding hydrogens is 206 g/mol. The molecule has 0 saturated heterocycles. The van der Waals surface area contributed by atoms with E-state index < -0.39 is 0 Å². The second kappa shape index (κ2) is 4.53. The number of nitrogens with one attached hydrogen (secondary N) is 1. The Morgan fingerprint density at radius 3 is 3.12 bits per heavy atom. The number of fused-ring (bicyclic) bond motifs is 1. The van der Waals surface area contributed by atoms with Crippen molar-refractivity contribution in [3.63, 3.8) is 0 Å². The molecule has 1 unspecified atom stereocenters. The molecule has 0 spiro atoms. The Morgan fingerprint density at radius 2 is 2.44 bits per heavy atom. The zero-order valence-electron chi connectivity index (χ0n) is 9.19. The summed E-state index contributed by atoms with van der Waals surface area (Å²) >= 11 is 0. The molecule has 0 aromatic heterocycles. The van der Waals surface area contributed by atoms with E-state index in [0.717, 1.165) is 29.8 Å². The van der Waals surface area contributed by atoms with Crippen molar-refractivity contribution in [3.8, 4) is 5.75 Å². The summed E-state index contributed by atoms with van der Waals surface area (Å²) in [5.41, 5.74) is 1.87. The van der Waals surface area contributed by atoms with Gasteiger partial charge in [-0.1, -0.05) is 0 Å². The molecule has 1 heterocycles. The SMILES string of the molecule is CC(=O)Nc1ccc2c(c1)CCC(CO)O2. The van der Waals surface area contributed by atoms with E-state index in [9.17, 15) is 4.79 Å². The number of hydrogen-bond acceptors (Lipinski definition) is 3. The molecule has 1 aliphatic heterocycles. The van der Waals surface area contributed by atoms with Gasteiger partial charge in [0.05, 0.1) is 6.61 Å². The summed E-state index contributed by atoms with van der Waals surface area (Å²) in [6.45, 7) is 1.53. The Bertz CT molecular complexity index is 403. The van der Waals surface area contributed by atoms with Crippen LogP contribution in [0.3, 0.4) is 0 Å². The maximum atomic E-state index is 10.9. The Morgan fingerprint density at radius 1 is 1.62 bits per heavy atom. The van der Waals surface area contributed by atoms with Crippen molar-refractivity contribution in [2.24, 2.45) is 0 Å². The van der Waals surface area contributed by atoms with Crippen LogP contribution in [0.25, 0.3) is 0 Å². The molecule has 16 heavy (non-hydrogen) atoms. The lowest BCUT2D eigenvalue weighted by Gasteiger charge is -2.25. The number of amides is 1. The number of hydrogen-bond donors (Lipinski definition) is 2. The van der Waals surface area contributed by atoms with Crippen LogP contribution >= 0.6 is 0 Å². The van der Waals surface area contributed by atoms with Crippen LogP contribution in [-0.2, 0) is 11.2 Å². The van der Waals surface area contributed by atoms with Gasteiger partial charge < -0.3 is 15.2 Å². The zero-order valence-corrected chi connectivity index (χ0v) is 9.19. The Balaban J connectivity index is 2.18. The first-order valence-corrected chi connectivity index (χ1v) is 5.37. The highest BCUT2D eigenvalue weighted by Gasteiger charge is 2.19. The molecule has 0 aliphatic carbocycles. The number of aryl methyl sites for hydroxylation is 1. The highest BCUT2D eigenvalue weighted by molar-refractivity contribution is 5.88. The Labute approximate surface area is 94.2 Å². The van der Waals surface area contributed by atoms with E-state index in [0.29, 0.717) is 0 Å². The van der Waals surface area contributed by atoms with Crippen LogP contribution < -0.4 is 10.1 Å². The first-order chi connectivity index (χ1) is 7.69. The third kappa shape index (κ3) is 2.33. The fourth-order valence-corrected chi connectivity index (χ4v) is 1.85. The zero-order chi connectivity index (χ0) is 11.5. The normalized spacial score (nSPS) is 18.5. The molecule has 1 amide bonds. The molecule has 4 nitrogen and oxygen atoms in total. The predicted octanol–water partition coefficient (Wildman–Crippen LogP) is 1.33. The lowest BCUT2D eigenvalue weighted by Crippen LogP contribution is -2.26. The summed E-state index contributed by atoms with van der Waals surface area (Å²) in [7, 11) is 0. The lowest BCUT2D eigenvalue weighted by atomic mass is 10.0. The third-order valence-corrected chi connectivity index (χ3v) is 2.61. The van der Waals surface area contributed by atoms with E-state index in [1.807, 2.05) is 12.1 Å². The van der Waals surface area contributed by atoms with E-state index in [1.54, 1.807) is 6.07 Å². The number of rotatable bonds is 2. The van der Waals surface area contributed by atoms with Crippen molar-refractivity contribution < 1.29 is 14.6 Å². The van der Waals surface area contributed by atoms with Crippen LogP contribution in [0, 0.1) is 0 Å². The first kappa shape index (κ1) is 11.0. The van der Waals surface area contributed by atoms with Gasteiger partial charge in [0, 0.05) is 12.6 Å². The molecule has 1 aliphatic rings. The maximum absolute atomic E-state index is 10.9. The molecule has 1 atom stereocenters. The Kier molecular flexibility index (Phi) is 3.10.